The molecule has 1 aliphatic rings. The molecule has 0 radical (unpaired) electrons. The number of amides is 2. The van der Waals surface area contributed by atoms with Gasteiger partial charge < -0.3 is 15.5 Å². The van der Waals surface area contributed by atoms with Crippen LogP contribution in [0.2, 0.25) is 5.02 Å². The second-order valence-electron chi connectivity index (χ2n) is 7.71. The number of hydrogen-bond acceptors (Lipinski definition) is 3. The maximum Gasteiger partial charge on any atom is 0.319 e. The van der Waals surface area contributed by atoms with Crippen LogP contribution in [0.3, 0.4) is 0 Å². The van der Waals surface area contributed by atoms with Crippen LogP contribution in [0.4, 0.5) is 20.6 Å². The van der Waals surface area contributed by atoms with Crippen molar-refractivity contribution in [3.63, 3.8) is 0 Å². The standard InChI is InChI=1S/C23H24ClFN4O/c1-15(27-23(30)28-19-5-2-17(24)3-6-19)16-9-12-29(13-10-16)22-8-11-26-21-7-4-18(25)14-20(21)22/h2-8,11,14-16H,9-10,12-13H2,1H3,(H2,27,28,30). The van der Waals surface area contributed by atoms with E-state index in [1.54, 1.807) is 42.6 Å². The molecule has 4 rings (SSSR count). The average Bonchev–Trinajstić information content (AvgIpc) is 2.75. The summed E-state index contributed by atoms with van der Waals surface area (Å²) in [6.45, 7) is 3.75. The van der Waals surface area contributed by atoms with Gasteiger partial charge in [-0.25, -0.2) is 9.18 Å². The van der Waals surface area contributed by atoms with Gasteiger partial charge in [-0.05, 0) is 74.2 Å². The third-order valence-corrected chi connectivity index (χ3v) is 5.98. The quantitative estimate of drug-likeness (QED) is 0.582. The van der Waals surface area contributed by atoms with Crippen LogP contribution >= 0.6 is 11.6 Å². The molecule has 1 atom stereocenters. The zero-order valence-electron chi connectivity index (χ0n) is 16.7. The maximum absolute atomic E-state index is 13.8. The van der Waals surface area contributed by atoms with Gasteiger partial charge in [0.05, 0.1) is 5.52 Å². The number of nitrogens with one attached hydrogen (secondary N) is 2. The summed E-state index contributed by atoms with van der Waals surface area (Å²) in [5.41, 5.74) is 2.51. The first-order valence-electron chi connectivity index (χ1n) is 10.1. The van der Waals surface area contributed by atoms with E-state index in [1.807, 2.05) is 13.0 Å². The molecule has 0 bridgehead atoms. The molecule has 30 heavy (non-hydrogen) atoms. The van der Waals surface area contributed by atoms with Crippen molar-refractivity contribution in [1.29, 1.82) is 0 Å². The number of urea groups is 1. The topological polar surface area (TPSA) is 57.3 Å². The summed E-state index contributed by atoms with van der Waals surface area (Å²) in [5, 5.41) is 7.35. The molecule has 3 aromatic rings. The number of aromatic nitrogens is 1. The van der Waals surface area contributed by atoms with E-state index in [2.05, 4.69) is 20.5 Å². The first-order chi connectivity index (χ1) is 14.5. The highest BCUT2D eigenvalue weighted by Crippen LogP contribution is 2.30. The summed E-state index contributed by atoms with van der Waals surface area (Å²) in [6, 6.07) is 13.5. The van der Waals surface area contributed by atoms with Crippen molar-refractivity contribution in [3.8, 4) is 0 Å². The van der Waals surface area contributed by atoms with Crippen LogP contribution < -0.4 is 15.5 Å². The second-order valence-corrected chi connectivity index (χ2v) is 8.15. The average molecular weight is 427 g/mol. The first kappa shape index (κ1) is 20.4. The zero-order valence-corrected chi connectivity index (χ0v) is 17.5. The molecule has 1 aromatic heterocycles. The Kier molecular flexibility index (Phi) is 6.04. The largest absolute Gasteiger partial charge is 0.371 e. The Morgan fingerprint density at radius 1 is 1.17 bits per heavy atom. The Labute approximate surface area is 180 Å². The number of anilines is 2. The third-order valence-electron chi connectivity index (χ3n) is 5.73. The summed E-state index contributed by atoms with van der Waals surface area (Å²) in [4.78, 5) is 18.9. The van der Waals surface area contributed by atoms with Gasteiger partial charge in [0.1, 0.15) is 5.82 Å². The molecule has 0 saturated carbocycles. The molecule has 0 spiro atoms. The van der Waals surface area contributed by atoms with Gasteiger partial charge in [0, 0.05) is 47.1 Å². The van der Waals surface area contributed by atoms with Gasteiger partial charge in [0.25, 0.3) is 0 Å². The summed E-state index contributed by atoms with van der Waals surface area (Å²) in [5.74, 6) is 0.123. The zero-order chi connectivity index (χ0) is 21.1. The van der Waals surface area contributed by atoms with Gasteiger partial charge in [-0.1, -0.05) is 11.6 Å². The van der Waals surface area contributed by atoms with Gasteiger partial charge in [0.15, 0.2) is 0 Å². The van der Waals surface area contributed by atoms with E-state index in [-0.39, 0.29) is 17.9 Å². The molecule has 2 heterocycles. The van der Waals surface area contributed by atoms with E-state index < -0.39 is 0 Å². The number of piperidine rings is 1. The Morgan fingerprint density at radius 2 is 1.90 bits per heavy atom. The number of carbonyl (C=O) groups is 1. The lowest BCUT2D eigenvalue weighted by Gasteiger charge is -2.36. The minimum atomic E-state index is -0.254. The fourth-order valence-corrected chi connectivity index (χ4v) is 4.17. The van der Waals surface area contributed by atoms with E-state index in [1.165, 1.54) is 6.07 Å². The highest BCUT2D eigenvalue weighted by Gasteiger charge is 2.26. The van der Waals surface area contributed by atoms with Crippen molar-refractivity contribution in [2.24, 2.45) is 5.92 Å². The molecule has 0 aliphatic carbocycles. The SMILES string of the molecule is CC(NC(=O)Nc1ccc(Cl)cc1)C1CCN(c2ccnc3ccc(F)cc23)CC1. The van der Waals surface area contributed by atoms with E-state index in [0.717, 1.165) is 42.5 Å². The molecule has 2 N–H and O–H groups in total. The lowest BCUT2D eigenvalue weighted by Crippen LogP contribution is -2.45. The Morgan fingerprint density at radius 3 is 2.63 bits per heavy atom. The molecule has 7 heteroatoms. The third kappa shape index (κ3) is 4.65. The fraction of sp³-hybridized carbons (Fsp3) is 0.304. The van der Waals surface area contributed by atoms with Crippen LogP contribution in [0.25, 0.3) is 10.9 Å². The van der Waals surface area contributed by atoms with Crippen molar-refractivity contribution < 1.29 is 9.18 Å². The van der Waals surface area contributed by atoms with Crippen molar-refractivity contribution in [1.82, 2.24) is 10.3 Å². The Bertz CT molecular complexity index is 1040. The van der Waals surface area contributed by atoms with Crippen LogP contribution in [0.15, 0.2) is 54.7 Å². The predicted molar refractivity (Wildman–Crippen MR) is 120 cm³/mol. The molecule has 2 amide bonds. The number of pyridine rings is 1. The number of halogens is 2. The molecule has 1 unspecified atom stereocenters. The minimum absolute atomic E-state index is 0.0473. The minimum Gasteiger partial charge on any atom is -0.371 e. The van der Waals surface area contributed by atoms with Crippen LogP contribution in [0, 0.1) is 11.7 Å². The lowest BCUT2D eigenvalue weighted by atomic mass is 9.90. The summed E-state index contributed by atoms with van der Waals surface area (Å²) in [6.07, 6.45) is 3.66. The Balaban J connectivity index is 1.34. The Hall–Kier alpha value is -2.86. The molecule has 1 saturated heterocycles. The van der Waals surface area contributed by atoms with Gasteiger partial charge in [-0.2, -0.15) is 0 Å². The van der Waals surface area contributed by atoms with E-state index in [9.17, 15) is 9.18 Å². The fourth-order valence-electron chi connectivity index (χ4n) is 4.05. The molecule has 1 fully saturated rings. The maximum atomic E-state index is 13.8. The van der Waals surface area contributed by atoms with Crippen molar-refractivity contribution in [2.75, 3.05) is 23.3 Å². The first-order valence-corrected chi connectivity index (χ1v) is 10.5. The van der Waals surface area contributed by atoms with Gasteiger partial charge in [0.2, 0.25) is 0 Å². The van der Waals surface area contributed by atoms with Crippen LogP contribution in [-0.4, -0.2) is 30.1 Å². The highest BCUT2D eigenvalue weighted by atomic mass is 35.5. The number of rotatable bonds is 4. The van der Waals surface area contributed by atoms with E-state index in [0.29, 0.717) is 16.6 Å². The van der Waals surface area contributed by atoms with Crippen LogP contribution in [-0.2, 0) is 0 Å². The number of hydrogen-bond donors (Lipinski definition) is 2. The molecule has 1 aliphatic heterocycles. The van der Waals surface area contributed by atoms with E-state index >= 15 is 0 Å². The molecule has 5 nitrogen and oxygen atoms in total. The normalized spacial score (nSPS) is 15.8. The van der Waals surface area contributed by atoms with Crippen molar-refractivity contribution >= 4 is 39.9 Å². The number of fused-ring (bicyclic) bond motifs is 1. The molecule has 2 aromatic carbocycles. The summed E-state index contributed by atoms with van der Waals surface area (Å²) in [7, 11) is 0. The molecular weight excluding hydrogens is 403 g/mol. The number of nitrogens with zero attached hydrogens (tertiary/aromatic N) is 2. The second kappa shape index (κ2) is 8.88. The number of carbonyl (C=O) groups excluding carboxylic acids is 1. The number of benzene rings is 2. The van der Waals surface area contributed by atoms with Crippen LogP contribution in [0.5, 0.6) is 0 Å². The van der Waals surface area contributed by atoms with Crippen molar-refractivity contribution in [2.45, 2.75) is 25.8 Å². The predicted octanol–water partition coefficient (Wildman–Crippen LogP) is 5.45. The smallest absolute Gasteiger partial charge is 0.319 e. The van der Waals surface area contributed by atoms with Gasteiger partial charge >= 0.3 is 6.03 Å². The van der Waals surface area contributed by atoms with Crippen LogP contribution in [0.1, 0.15) is 19.8 Å². The van der Waals surface area contributed by atoms with E-state index in [4.69, 9.17) is 11.6 Å². The lowest BCUT2D eigenvalue weighted by molar-refractivity contribution is 0.239. The molecule has 156 valence electrons. The highest BCUT2D eigenvalue weighted by molar-refractivity contribution is 6.30. The van der Waals surface area contributed by atoms with Crippen molar-refractivity contribution in [3.05, 3.63) is 65.6 Å². The van der Waals surface area contributed by atoms with Gasteiger partial charge in [-0.15, -0.1) is 0 Å². The summed E-state index contributed by atoms with van der Waals surface area (Å²) >= 11 is 5.88. The monoisotopic (exact) mass is 426 g/mol. The summed E-state index contributed by atoms with van der Waals surface area (Å²) < 4.78 is 13.8. The van der Waals surface area contributed by atoms with Gasteiger partial charge in [-0.3, -0.25) is 4.98 Å². The molecular formula is C23H24ClFN4O.